The number of halogens is 1. The minimum absolute atomic E-state index is 0. The number of benzene rings is 1. The van der Waals surface area contributed by atoms with E-state index in [1.54, 1.807) is 5.01 Å². The summed E-state index contributed by atoms with van der Waals surface area (Å²) in [5.41, 5.74) is 3.05. The van der Waals surface area contributed by atoms with Gasteiger partial charge in [-0.15, -0.1) is 12.4 Å². The average molecular weight is 299 g/mol. The number of para-hydroxylation sites is 1. The van der Waals surface area contributed by atoms with Crippen molar-refractivity contribution in [2.24, 2.45) is 5.10 Å². The first-order chi connectivity index (χ1) is 9.08. The SMILES string of the molecule is CCc1cccc(C)c1NC(=O)NC=NN(C)CC.Cl. The quantitative estimate of drug-likeness (QED) is 0.499. The van der Waals surface area contributed by atoms with Crippen LogP contribution in [0.1, 0.15) is 25.0 Å². The highest BCUT2D eigenvalue weighted by atomic mass is 35.5. The monoisotopic (exact) mass is 298 g/mol. The number of aryl methyl sites for hydroxylation is 2. The molecule has 20 heavy (non-hydrogen) atoms. The number of nitrogens with one attached hydrogen (secondary N) is 2. The molecule has 1 aromatic rings. The molecule has 0 heterocycles. The summed E-state index contributed by atoms with van der Waals surface area (Å²) in [6, 6.07) is 5.71. The first-order valence-corrected chi connectivity index (χ1v) is 6.48. The molecule has 0 radical (unpaired) electrons. The van der Waals surface area contributed by atoms with Crippen LogP contribution in [0.25, 0.3) is 0 Å². The molecule has 0 aromatic heterocycles. The van der Waals surface area contributed by atoms with Gasteiger partial charge in [-0.25, -0.2) is 4.79 Å². The number of hydrogen-bond acceptors (Lipinski definition) is 3. The summed E-state index contributed by atoms with van der Waals surface area (Å²) in [5.74, 6) is 0. The average Bonchev–Trinajstić information content (AvgIpc) is 2.40. The van der Waals surface area contributed by atoms with Crippen molar-refractivity contribution in [2.45, 2.75) is 27.2 Å². The van der Waals surface area contributed by atoms with Gasteiger partial charge in [0.2, 0.25) is 0 Å². The lowest BCUT2D eigenvalue weighted by atomic mass is 10.1. The van der Waals surface area contributed by atoms with Crippen molar-refractivity contribution in [1.82, 2.24) is 10.3 Å². The van der Waals surface area contributed by atoms with Gasteiger partial charge in [0, 0.05) is 19.3 Å². The van der Waals surface area contributed by atoms with Gasteiger partial charge in [-0.1, -0.05) is 25.1 Å². The second-order valence-electron chi connectivity index (χ2n) is 4.28. The lowest BCUT2D eigenvalue weighted by molar-refractivity contribution is 0.256. The van der Waals surface area contributed by atoms with Gasteiger partial charge < -0.3 is 5.32 Å². The van der Waals surface area contributed by atoms with Crippen LogP contribution in [0.2, 0.25) is 0 Å². The Morgan fingerprint density at radius 3 is 2.70 bits per heavy atom. The molecule has 0 saturated heterocycles. The van der Waals surface area contributed by atoms with Crippen LogP contribution in [0.15, 0.2) is 23.3 Å². The second-order valence-corrected chi connectivity index (χ2v) is 4.28. The number of carbonyl (C=O) groups is 1. The van der Waals surface area contributed by atoms with Gasteiger partial charge >= 0.3 is 6.03 Å². The molecule has 0 unspecified atom stereocenters. The maximum Gasteiger partial charge on any atom is 0.324 e. The van der Waals surface area contributed by atoms with Crippen molar-refractivity contribution in [3.05, 3.63) is 29.3 Å². The van der Waals surface area contributed by atoms with E-state index in [0.29, 0.717) is 0 Å². The van der Waals surface area contributed by atoms with E-state index in [9.17, 15) is 4.79 Å². The lowest BCUT2D eigenvalue weighted by Gasteiger charge is -2.13. The number of hydrazone groups is 1. The molecule has 1 aromatic carbocycles. The number of amides is 2. The minimum atomic E-state index is -0.280. The number of nitrogens with zero attached hydrogens (tertiary/aromatic N) is 2. The van der Waals surface area contributed by atoms with Crippen LogP contribution in [0.5, 0.6) is 0 Å². The summed E-state index contributed by atoms with van der Waals surface area (Å²) in [4.78, 5) is 11.8. The molecule has 2 amide bonds. The molecule has 0 aliphatic rings. The molecule has 0 aliphatic carbocycles. The van der Waals surface area contributed by atoms with E-state index in [1.807, 2.05) is 39.1 Å². The van der Waals surface area contributed by atoms with Crippen molar-refractivity contribution < 1.29 is 4.79 Å². The van der Waals surface area contributed by atoms with Crippen LogP contribution in [-0.2, 0) is 6.42 Å². The van der Waals surface area contributed by atoms with E-state index in [0.717, 1.165) is 29.8 Å². The summed E-state index contributed by atoms with van der Waals surface area (Å²) in [7, 11) is 1.84. The van der Waals surface area contributed by atoms with Gasteiger partial charge in [0.25, 0.3) is 0 Å². The van der Waals surface area contributed by atoms with Crippen molar-refractivity contribution in [2.75, 3.05) is 18.9 Å². The molecule has 0 fully saturated rings. The van der Waals surface area contributed by atoms with E-state index in [2.05, 4.69) is 22.7 Å². The maximum atomic E-state index is 11.8. The molecule has 0 saturated carbocycles. The zero-order valence-corrected chi connectivity index (χ0v) is 13.3. The van der Waals surface area contributed by atoms with E-state index >= 15 is 0 Å². The molecule has 112 valence electrons. The second kappa shape index (κ2) is 9.20. The van der Waals surface area contributed by atoms with Crippen molar-refractivity contribution in [1.29, 1.82) is 0 Å². The third-order valence-corrected chi connectivity index (χ3v) is 2.89. The maximum absolute atomic E-state index is 11.8. The van der Waals surface area contributed by atoms with Gasteiger partial charge in [0.1, 0.15) is 6.34 Å². The smallest absolute Gasteiger partial charge is 0.307 e. The molecule has 6 heteroatoms. The standard InChI is InChI=1S/C14H22N4O.ClH/c1-5-12-9-7-8-11(3)13(12)17-14(19)15-10-16-18(4)6-2;/h7-10H,5-6H2,1-4H3,(H2,15,16,17,19);1H. The van der Waals surface area contributed by atoms with Gasteiger partial charge in [-0.05, 0) is 31.4 Å². The molecular weight excluding hydrogens is 276 g/mol. The Kier molecular flexibility index (Phi) is 8.40. The van der Waals surface area contributed by atoms with Crippen LogP contribution in [0, 0.1) is 6.92 Å². The number of anilines is 1. The largest absolute Gasteiger partial charge is 0.324 e. The third-order valence-electron chi connectivity index (χ3n) is 2.89. The number of carbonyl (C=O) groups excluding carboxylic acids is 1. The zero-order valence-electron chi connectivity index (χ0n) is 12.4. The molecule has 0 atom stereocenters. The predicted molar refractivity (Wildman–Crippen MR) is 86.8 cm³/mol. The molecule has 0 spiro atoms. The number of rotatable bonds is 5. The number of hydrogen-bond donors (Lipinski definition) is 2. The Labute approximate surface area is 126 Å². The molecule has 0 aliphatic heterocycles. The fourth-order valence-corrected chi connectivity index (χ4v) is 1.62. The Morgan fingerprint density at radius 2 is 2.10 bits per heavy atom. The van der Waals surface area contributed by atoms with Crippen LogP contribution in [0.4, 0.5) is 10.5 Å². The van der Waals surface area contributed by atoms with Crippen LogP contribution in [-0.4, -0.2) is 31.0 Å². The molecule has 5 nitrogen and oxygen atoms in total. The summed E-state index contributed by atoms with van der Waals surface area (Å²) in [5, 5.41) is 11.2. The minimum Gasteiger partial charge on any atom is -0.307 e. The van der Waals surface area contributed by atoms with E-state index in [-0.39, 0.29) is 18.4 Å². The van der Waals surface area contributed by atoms with E-state index in [1.165, 1.54) is 6.34 Å². The highest BCUT2D eigenvalue weighted by Crippen LogP contribution is 2.20. The molecule has 0 bridgehead atoms. The van der Waals surface area contributed by atoms with Crippen molar-refractivity contribution >= 4 is 30.5 Å². The summed E-state index contributed by atoms with van der Waals surface area (Å²) in [6.07, 6.45) is 2.27. The van der Waals surface area contributed by atoms with Crippen LogP contribution >= 0.6 is 12.4 Å². The van der Waals surface area contributed by atoms with Crippen molar-refractivity contribution in [3.63, 3.8) is 0 Å². The van der Waals surface area contributed by atoms with Crippen LogP contribution in [0.3, 0.4) is 0 Å². The van der Waals surface area contributed by atoms with Crippen molar-refractivity contribution in [3.8, 4) is 0 Å². The highest BCUT2D eigenvalue weighted by Gasteiger charge is 2.07. The van der Waals surface area contributed by atoms with E-state index < -0.39 is 0 Å². The Balaban J connectivity index is 0.00000361. The summed E-state index contributed by atoms with van der Waals surface area (Å²) < 4.78 is 0. The first kappa shape index (κ1) is 18.2. The van der Waals surface area contributed by atoms with Gasteiger partial charge in [0.05, 0.1) is 0 Å². The van der Waals surface area contributed by atoms with Gasteiger partial charge in [0.15, 0.2) is 0 Å². The Morgan fingerprint density at radius 1 is 1.40 bits per heavy atom. The predicted octanol–water partition coefficient (Wildman–Crippen LogP) is 3.00. The third kappa shape index (κ3) is 5.48. The highest BCUT2D eigenvalue weighted by molar-refractivity contribution is 5.97. The molecule has 2 N–H and O–H groups in total. The first-order valence-electron chi connectivity index (χ1n) is 6.48. The fourth-order valence-electron chi connectivity index (χ4n) is 1.62. The normalized spacial score (nSPS) is 10.0. The zero-order chi connectivity index (χ0) is 14.3. The molecule has 1 rings (SSSR count). The van der Waals surface area contributed by atoms with Gasteiger partial charge in [-0.3, -0.25) is 10.3 Å². The Hall–Kier alpha value is -1.75. The van der Waals surface area contributed by atoms with E-state index in [4.69, 9.17) is 0 Å². The summed E-state index contributed by atoms with van der Waals surface area (Å²) >= 11 is 0. The molecular formula is C14H23ClN4O. The van der Waals surface area contributed by atoms with Crippen LogP contribution < -0.4 is 10.6 Å². The number of urea groups is 1. The lowest BCUT2D eigenvalue weighted by Crippen LogP contribution is -2.29. The topological polar surface area (TPSA) is 56.7 Å². The fraction of sp³-hybridized carbons (Fsp3) is 0.429. The Bertz CT molecular complexity index is 462. The van der Waals surface area contributed by atoms with Gasteiger partial charge in [-0.2, -0.15) is 5.10 Å². The summed E-state index contributed by atoms with van der Waals surface area (Å²) in [6.45, 7) is 6.82.